The van der Waals surface area contributed by atoms with Crippen molar-refractivity contribution in [3.8, 4) is 0 Å². The minimum atomic E-state index is -4.50. The second kappa shape index (κ2) is 6.20. The first kappa shape index (κ1) is 19.6. The molecular weight excluding hydrogens is 341 g/mol. The highest BCUT2D eigenvalue weighted by atomic mass is 32.2. The number of thioether (sulfide) groups is 1. The van der Waals surface area contributed by atoms with Gasteiger partial charge in [-0.25, -0.2) is 0 Å². The Morgan fingerprint density at radius 3 is 2.08 bits per heavy atom. The number of hydrogen-bond donors (Lipinski definition) is 1. The van der Waals surface area contributed by atoms with E-state index in [-0.39, 0.29) is 5.56 Å². The Balaban J connectivity index is 2.48. The van der Waals surface area contributed by atoms with Crippen LogP contribution in [-0.4, -0.2) is 29.4 Å². The van der Waals surface area contributed by atoms with Gasteiger partial charge in [0.25, 0.3) is 0 Å². The Kier molecular flexibility index (Phi) is 5.05. The molecule has 1 unspecified atom stereocenters. The summed E-state index contributed by atoms with van der Waals surface area (Å²) in [6, 6.07) is 6.63. The van der Waals surface area contributed by atoms with E-state index in [0.29, 0.717) is 0 Å². The van der Waals surface area contributed by atoms with Crippen molar-refractivity contribution < 1.29 is 27.8 Å². The molecule has 24 heavy (non-hydrogen) atoms. The van der Waals surface area contributed by atoms with Crippen LogP contribution in [0.25, 0.3) is 0 Å². The summed E-state index contributed by atoms with van der Waals surface area (Å²) in [5.41, 5.74) is -2.28. The van der Waals surface area contributed by atoms with Crippen LogP contribution in [0.2, 0.25) is 0 Å². The van der Waals surface area contributed by atoms with E-state index in [4.69, 9.17) is 9.47 Å². The van der Waals surface area contributed by atoms with E-state index in [9.17, 15) is 18.3 Å². The van der Waals surface area contributed by atoms with E-state index in [1.54, 1.807) is 45.0 Å². The zero-order valence-corrected chi connectivity index (χ0v) is 15.2. The molecule has 1 aliphatic rings. The fourth-order valence-corrected chi connectivity index (χ4v) is 3.12. The van der Waals surface area contributed by atoms with Crippen LogP contribution >= 0.6 is 11.8 Å². The molecule has 0 amide bonds. The summed E-state index contributed by atoms with van der Waals surface area (Å²) in [6.45, 7) is 6.60. The average Bonchev–Trinajstić information content (AvgIpc) is 2.69. The van der Waals surface area contributed by atoms with Crippen LogP contribution in [0.4, 0.5) is 13.2 Å². The Bertz CT molecular complexity index is 582. The molecule has 7 heteroatoms. The molecule has 1 heterocycles. The second-order valence-electron chi connectivity index (χ2n) is 7.33. The van der Waals surface area contributed by atoms with Gasteiger partial charge in [-0.2, -0.15) is 13.2 Å². The predicted molar refractivity (Wildman–Crippen MR) is 86.6 cm³/mol. The van der Waals surface area contributed by atoms with Gasteiger partial charge in [0.05, 0.1) is 6.42 Å². The van der Waals surface area contributed by atoms with Crippen LogP contribution in [0.3, 0.4) is 0 Å². The van der Waals surface area contributed by atoms with Gasteiger partial charge in [-0.1, -0.05) is 32.9 Å². The molecule has 1 aromatic rings. The van der Waals surface area contributed by atoms with Crippen LogP contribution < -0.4 is 0 Å². The third-order valence-electron chi connectivity index (χ3n) is 4.09. The molecule has 1 fully saturated rings. The molecule has 0 radical (unpaired) electrons. The number of hydrogen-bond acceptors (Lipinski definition) is 4. The number of aliphatic hydroxyl groups is 1. The smallest absolute Gasteiger partial charge is 0.359 e. The molecule has 136 valence electrons. The fraction of sp³-hybridized carbons (Fsp3) is 0.647. The lowest BCUT2D eigenvalue weighted by molar-refractivity contribution is -0.256. The number of benzene rings is 1. The molecule has 3 nitrogen and oxygen atoms in total. The fourth-order valence-electron chi connectivity index (χ4n) is 2.71. The molecule has 0 aromatic heterocycles. The van der Waals surface area contributed by atoms with Gasteiger partial charge in [-0.15, -0.1) is 11.8 Å². The van der Waals surface area contributed by atoms with E-state index in [1.807, 2.05) is 6.26 Å². The summed E-state index contributed by atoms with van der Waals surface area (Å²) in [7, 11) is 0. The van der Waals surface area contributed by atoms with Crippen molar-refractivity contribution >= 4 is 11.8 Å². The molecule has 0 bridgehead atoms. The van der Waals surface area contributed by atoms with E-state index >= 15 is 0 Å². The van der Waals surface area contributed by atoms with Gasteiger partial charge in [0.2, 0.25) is 5.79 Å². The Labute approximate surface area is 144 Å². The van der Waals surface area contributed by atoms with Crippen molar-refractivity contribution in [2.75, 3.05) is 6.26 Å². The second-order valence-corrected chi connectivity index (χ2v) is 8.21. The van der Waals surface area contributed by atoms with Crippen molar-refractivity contribution in [3.05, 3.63) is 29.8 Å². The zero-order chi connectivity index (χ0) is 18.4. The number of alkyl halides is 3. The first-order chi connectivity index (χ1) is 10.8. The summed E-state index contributed by atoms with van der Waals surface area (Å²) in [4.78, 5) is 0.936. The predicted octanol–water partition coefficient (Wildman–Crippen LogP) is 4.68. The zero-order valence-electron chi connectivity index (χ0n) is 14.4. The average molecular weight is 364 g/mol. The van der Waals surface area contributed by atoms with E-state index in [2.05, 4.69) is 0 Å². The first-order valence-electron chi connectivity index (χ1n) is 7.60. The lowest BCUT2D eigenvalue weighted by atomic mass is 9.86. The maximum Gasteiger partial charge on any atom is 0.392 e. The highest BCUT2D eigenvalue weighted by molar-refractivity contribution is 7.98. The van der Waals surface area contributed by atoms with Crippen molar-refractivity contribution in [1.29, 1.82) is 0 Å². The summed E-state index contributed by atoms with van der Waals surface area (Å²) in [5.74, 6) is -2.18. The van der Waals surface area contributed by atoms with E-state index in [1.165, 1.54) is 18.7 Å². The van der Waals surface area contributed by atoms with Gasteiger partial charge in [-0.3, -0.25) is 0 Å². The highest BCUT2D eigenvalue weighted by Gasteiger charge is 2.63. The minimum Gasteiger partial charge on any atom is -0.359 e. The first-order valence-corrected chi connectivity index (χ1v) is 8.82. The van der Waals surface area contributed by atoms with E-state index in [0.717, 1.165) is 4.90 Å². The van der Waals surface area contributed by atoms with Gasteiger partial charge < -0.3 is 14.6 Å². The molecule has 1 aliphatic heterocycles. The van der Waals surface area contributed by atoms with Crippen molar-refractivity contribution in [2.24, 2.45) is 5.41 Å². The SMILES string of the molecule is CSc1ccc(C2(O)O[C@@H](C(C)(C)C)O[C@]2(C)CC(F)(F)F)cc1. The number of rotatable bonds is 3. The van der Waals surface area contributed by atoms with Crippen molar-refractivity contribution in [1.82, 2.24) is 0 Å². The molecule has 3 atom stereocenters. The molecular formula is C17H23F3O3S. The van der Waals surface area contributed by atoms with Crippen LogP contribution in [0.15, 0.2) is 29.2 Å². The molecule has 0 saturated carbocycles. The summed E-state index contributed by atoms with van der Waals surface area (Å²) >= 11 is 1.50. The lowest BCUT2D eigenvalue weighted by Crippen LogP contribution is -2.49. The van der Waals surface area contributed by atoms with Gasteiger partial charge in [0.15, 0.2) is 6.29 Å². The summed E-state index contributed by atoms with van der Waals surface area (Å²) in [5, 5.41) is 11.1. The maximum atomic E-state index is 13.1. The maximum absolute atomic E-state index is 13.1. The topological polar surface area (TPSA) is 38.7 Å². The third kappa shape index (κ3) is 3.74. The summed E-state index contributed by atoms with van der Waals surface area (Å²) < 4.78 is 50.6. The minimum absolute atomic E-state index is 0.249. The van der Waals surface area contributed by atoms with Crippen LogP contribution in [0.1, 0.15) is 39.7 Å². The van der Waals surface area contributed by atoms with Gasteiger partial charge in [-0.05, 0) is 25.3 Å². The summed E-state index contributed by atoms with van der Waals surface area (Å²) in [6.07, 6.45) is -4.89. The quantitative estimate of drug-likeness (QED) is 0.790. The Hall–Kier alpha value is -0.760. The Morgan fingerprint density at radius 2 is 1.67 bits per heavy atom. The van der Waals surface area contributed by atoms with Crippen LogP contribution in [-0.2, 0) is 15.3 Å². The molecule has 2 rings (SSSR count). The third-order valence-corrected chi connectivity index (χ3v) is 4.83. The molecule has 0 aliphatic carbocycles. The highest BCUT2D eigenvalue weighted by Crippen LogP contribution is 2.52. The monoisotopic (exact) mass is 364 g/mol. The van der Waals surface area contributed by atoms with Gasteiger partial charge in [0.1, 0.15) is 5.60 Å². The van der Waals surface area contributed by atoms with E-state index < -0.39 is 35.7 Å². The number of ether oxygens (including phenoxy) is 2. The Morgan fingerprint density at radius 1 is 1.12 bits per heavy atom. The molecule has 1 aromatic carbocycles. The number of halogens is 3. The molecule has 1 N–H and O–H groups in total. The normalized spacial score (nSPS) is 31.5. The standard InChI is InChI=1S/C17H23F3O3S/c1-14(2,3)13-22-15(4,10-16(18,19)20)17(21,23-13)11-6-8-12(24-5)9-7-11/h6-9,13,21H,10H2,1-5H3/t13-,15+,17?/m0/s1. The van der Waals surface area contributed by atoms with Crippen molar-refractivity contribution in [2.45, 2.75) is 62.9 Å². The lowest BCUT2D eigenvalue weighted by Gasteiger charge is -2.36. The molecule has 0 spiro atoms. The van der Waals surface area contributed by atoms with Crippen molar-refractivity contribution in [3.63, 3.8) is 0 Å². The van der Waals surface area contributed by atoms with Gasteiger partial charge in [0, 0.05) is 15.9 Å². The molecule has 1 saturated heterocycles. The largest absolute Gasteiger partial charge is 0.392 e. The van der Waals surface area contributed by atoms with Crippen LogP contribution in [0, 0.1) is 5.41 Å². The van der Waals surface area contributed by atoms with Crippen LogP contribution in [0.5, 0.6) is 0 Å². The van der Waals surface area contributed by atoms with Gasteiger partial charge >= 0.3 is 6.18 Å².